The largest absolute Gasteiger partial charge is 0.481 e. The van der Waals surface area contributed by atoms with E-state index in [1.54, 1.807) is 19.2 Å². The predicted molar refractivity (Wildman–Crippen MR) is 82.7 cm³/mol. The number of hydrogen-bond acceptors (Lipinski definition) is 6. The molecular formula is C15H14FN5O3. The number of nitrogens with one attached hydrogen (secondary N) is 1. The van der Waals surface area contributed by atoms with Crippen LogP contribution in [0.25, 0.3) is 5.65 Å². The summed E-state index contributed by atoms with van der Waals surface area (Å²) in [6.07, 6.45) is 4.12. The standard InChI is InChI=1S/C15H14FN5O3/c1-8(10-6-9(16)7-18-14(10)24-2)19-12-11(15(22)23)13-17-4-3-5-21(13)20-12/h3-8H,1-2H3,(H,19,20)(H,22,23). The molecule has 0 saturated carbocycles. The number of carbonyl (C=O) groups is 1. The molecule has 124 valence electrons. The Labute approximate surface area is 135 Å². The zero-order chi connectivity index (χ0) is 17.3. The molecule has 0 aliphatic carbocycles. The first-order valence-electron chi connectivity index (χ1n) is 7.04. The molecule has 0 amide bonds. The van der Waals surface area contributed by atoms with Gasteiger partial charge in [0.2, 0.25) is 5.88 Å². The van der Waals surface area contributed by atoms with Crippen LogP contribution in [0, 0.1) is 5.82 Å². The number of anilines is 1. The molecule has 0 fully saturated rings. The van der Waals surface area contributed by atoms with Gasteiger partial charge in [-0.3, -0.25) is 0 Å². The minimum Gasteiger partial charge on any atom is -0.481 e. The minimum absolute atomic E-state index is 0.0641. The molecule has 1 unspecified atom stereocenters. The highest BCUT2D eigenvalue weighted by atomic mass is 19.1. The van der Waals surface area contributed by atoms with Gasteiger partial charge in [-0.25, -0.2) is 23.7 Å². The third kappa shape index (κ3) is 2.71. The quantitative estimate of drug-likeness (QED) is 0.738. The van der Waals surface area contributed by atoms with Crippen molar-refractivity contribution in [2.45, 2.75) is 13.0 Å². The number of ether oxygens (including phenoxy) is 1. The lowest BCUT2D eigenvalue weighted by atomic mass is 10.1. The number of halogens is 1. The van der Waals surface area contributed by atoms with Crippen molar-refractivity contribution >= 4 is 17.4 Å². The minimum atomic E-state index is -1.16. The van der Waals surface area contributed by atoms with Crippen molar-refractivity contribution in [3.8, 4) is 5.88 Å². The van der Waals surface area contributed by atoms with E-state index in [1.807, 2.05) is 0 Å². The molecule has 3 rings (SSSR count). The first-order valence-corrected chi connectivity index (χ1v) is 7.04. The lowest BCUT2D eigenvalue weighted by molar-refractivity contribution is 0.0699. The van der Waals surface area contributed by atoms with E-state index in [0.717, 1.165) is 6.20 Å². The van der Waals surface area contributed by atoms with Crippen molar-refractivity contribution in [3.05, 3.63) is 47.7 Å². The Kier molecular flexibility index (Phi) is 3.98. The first-order chi connectivity index (χ1) is 11.5. The zero-order valence-electron chi connectivity index (χ0n) is 12.9. The van der Waals surface area contributed by atoms with E-state index in [4.69, 9.17) is 4.74 Å². The SMILES string of the molecule is COc1ncc(F)cc1C(C)Nc1nn2cccnc2c1C(=O)O. The number of methoxy groups -OCH3 is 1. The molecule has 0 aliphatic rings. The van der Waals surface area contributed by atoms with Gasteiger partial charge in [0.05, 0.1) is 19.3 Å². The lowest BCUT2D eigenvalue weighted by Gasteiger charge is -2.16. The number of carboxylic acid groups (broad SMARTS) is 1. The number of pyridine rings is 1. The molecule has 2 N–H and O–H groups in total. The summed E-state index contributed by atoms with van der Waals surface area (Å²) in [5.41, 5.74) is 0.591. The molecule has 8 nitrogen and oxygen atoms in total. The zero-order valence-corrected chi connectivity index (χ0v) is 12.9. The molecule has 0 aromatic carbocycles. The van der Waals surface area contributed by atoms with E-state index in [0.29, 0.717) is 5.56 Å². The van der Waals surface area contributed by atoms with Crippen LogP contribution < -0.4 is 10.1 Å². The van der Waals surface area contributed by atoms with Gasteiger partial charge in [0.1, 0.15) is 11.4 Å². The molecule has 3 heterocycles. The second-order valence-electron chi connectivity index (χ2n) is 5.03. The van der Waals surface area contributed by atoms with E-state index < -0.39 is 17.8 Å². The number of fused-ring (bicyclic) bond motifs is 1. The molecule has 0 radical (unpaired) electrons. The van der Waals surface area contributed by atoms with Gasteiger partial charge >= 0.3 is 5.97 Å². The summed E-state index contributed by atoms with van der Waals surface area (Å²) < 4.78 is 20.0. The van der Waals surface area contributed by atoms with Gasteiger partial charge in [-0.2, -0.15) is 0 Å². The predicted octanol–water partition coefficient (Wildman–Crippen LogP) is 2.14. The molecule has 24 heavy (non-hydrogen) atoms. The number of carboxylic acids is 1. The molecular weight excluding hydrogens is 317 g/mol. The Morgan fingerprint density at radius 2 is 2.25 bits per heavy atom. The molecule has 0 aliphatic heterocycles. The number of hydrogen-bond donors (Lipinski definition) is 2. The fourth-order valence-corrected chi connectivity index (χ4v) is 2.39. The molecule has 0 spiro atoms. The molecule has 9 heteroatoms. The maximum Gasteiger partial charge on any atom is 0.343 e. The first kappa shape index (κ1) is 15.7. The van der Waals surface area contributed by atoms with Crippen LogP contribution in [-0.2, 0) is 0 Å². The monoisotopic (exact) mass is 331 g/mol. The van der Waals surface area contributed by atoms with Gasteiger partial charge in [0.25, 0.3) is 0 Å². The van der Waals surface area contributed by atoms with Gasteiger partial charge in [-0.1, -0.05) is 0 Å². The second-order valence-corrected chi connectivity index (χ2v) is 5.03. The average molecular weight is 331 g/mol. The van der Waals surface area contributed by atoms with Crippen LogP contribution in [-0.4, -0.2) is 37.8 Å². The second kappa shape index (κ2) is 6.11. The Balaban J connectivity index is 2.02. The van der Waals surface area contributed by atoms with Crippen LogP contribution in [0.4, 0.5) is 10.2 Å². The lowest BCUT2D eigenvalue weighted by Crippen LogP contribution is -2.12. The Hall–Kier alpha value is -3.23. The molecule has 3 aromatic heterocycles. The fourth-order valence-electron chi connectivity index (χ4n) is 2.39. The van der Waals surface area contributed by atoms with E-state index in [9.17, 15) is 14.3 Å². The van der Waals surface area contributed by atoms with E-state index in [1.165, 1.54) is 23.9 Å². The van der Waals surface area contributed by atoms with E-state index in [-0.39, 0.29) is 22.9 Å². The van der Waals surface area contributed by atoms with Crippen molar-refractivity contribution in [1.82, 2.24) is 19.6 Å². The van der Waals surface area contributed by atoms with Crippen LogP contribution in [0.3, 0.4) is 0 Å². The summed E-state index contributed by atoms with van der Waals surface area (Å²) in [6.45, 7) is 1.72. The normalized spacial score (nSPS) is 12.1. The number of rotatable bonds is 5. The van der Waals surface area contributed by atoms with E-state index in [2.05, 4.69) is 20.4 Å². The van der Waals surface area contributed by atoms with Crippen LogP contribution in [0.1, 0.15) is 28.9 Å². The van der Waals surface area contributed by atoms with E-state index >= 15 is 0 Å². The summed E-state index contributed by atoms with van der Waals surface area (Å²) >= 11 is 0. The molecule has 3 aromatic rings. The van der Waals surface area contributed by atoms with Crippen molar-refractivity contribution < 1.29 is 19.0 Å². The Bertz CT molecular complexity index is 911. The third-order valence-corrected chi connectivity index (χ3v) is 3.47. The van der Waals surface area contributed by atoms with Crippen molar-refractivity contribution in [2.24, 2.45) is 0 Å². The third-order valence-electron chi connectivity index (χ3n) is 3.47. The maximum absolute atomic E-state index is 13.5. The highest BCUT2D eigenvalue weighted by Crippen LogP contribution is 2.28. The van der Waals surface area contributed by atoms with Gasteiger partial charge < -0.3 is 15.2 Å². The Morgan fingerprint density at radius 3 is 2.96 bits per heavy atom. The smallest absolute Gasteiger partial charge is 0.343 e. The van der Waals surface area contributed by atoms with Gasteiger partial charge in [0.15, 0.2) is 11.5 Å². The maximum atomic E-state index is 13.5. The average Bonchev–Trinajstić information content (AvgIpc) is 2.92. The van der Waals surface area contributed by atoms with Crippen molar-refractivity contribution in [3.63, 3.8) is 0 Å². The van der Waals surface area contributed by atoms with Crippen LogP contribution in [0.2, 0.25) is 0 Å². The van der Waals surface area contributed by atoms with Crippen molar-refractivity contribution in [2.75, 3.05) is 12.4 Å². The summed E-state index contributed by atoms with van der Waals surface area (Å²) in [7, 11) is 1.42. The number of nitrogens with zero attached hydrogens (tertiary/aromatic N) is 4. The Morgan fingerprint density at radius 1 is 1.46 bits per heavy atom. The highest BCUT2D eigenvalue weighted by Gasteiger charge is 2.23. The van der Waals surface area contributed by atoms with Gasteiger partial charge in [0, 0.05) is 18.0 Å². The summed E-state index contributed by atoms with van der Waals surface area (Å²) in [5, 5.41) is 16.6. The summed E-state index contributed by atoms with van der Waals surface area (Å²) in [5.74, 6) is -1.31. The van der Waals surface area contributed by atoms with Gasteiger partial charge in [-0.05, 0) is 19.1 Å². The fraction of sp³-hybridized carbons (Fsp3) is 0.200. The van der Waals surface area contributed by atoms with Crippen LogP contribution >= 0.6 is 0 Å². The molecule has 0 saturated heterocycles. The summed E-state index contributed by atoms with van der Waals surface area (Å²) in [6, 6.07) is 2.42. The number of aromatic nitrogens is 4. The highest BCUT2D eigenvalue weighted by molar-refractivity contribution is 5.99. The van der Waals surface area contributed by atoms with Crippen LogP contribution in [0.15, 0.2) is 30.7 Å². The van der Waals surface area contributed by atoms with Crippen molar-refractivity contribution in [1.29, 1.82) is 0 Å². The molecule has 0 bridgehead atoms. The summed E-state index contributed by atoms with van der Waals surface area (Å²) in [4.78, 5) is 19.5. The topological polar surface area (TPSA) is 102 Å². The van der Waals surface area contributed by atoms with Crippen LogP contribution in [0.5, 0.6) is 5.88 Å². The molecule has 1 atom stereocenters. The van der Waals surface area contributed by atoms with Gasteiger partial charge in [-0.15, -0.1) is 5.10 Å². The number of aromatic carboxylic acids is 1.